The average molecular weight is 405 g/mol. The van der Waals surface area contributed by atoms with E-state index in [0.29, 0.717) is 13.1 Å². The summed E-state index contributed by atoms with van der Waals surface area (Å²) in [7, 11) is -3.55. The predicted octanol–water partition coefficient (Wildman–Crippen LogP) is 3.93. The number of hydrogen-bond acceptors (Lipinski definition) is 4. The molecule has 2 amide bonds. The molecule has 0 saturated heterocycles. The van der Waals surface area contributed by atoms with Gasteiger partial charge < -0.3 is 14.4 Å². The van der Waals surface area contributed by atoms with Crippen LogP contribution < -0.4 is 9.50 Å². The van der Waals surface area contributed by atoms with E-state index >= 15 is 0 Å². The van der Waals surface area contributed by atoms with Crippen molar-refractivity contribution < 1.29 is 17.4 Å². The zero-order valence-electron chi connectivity index (χ0n) is 16.6. The van der Waals surface area contributed by atoms with Crippen molar-refractivity contribution in [3.05, 3.63) is 65.7 Å². The number of amides is 2. The van der Waals surface area contributed by atoms with Gasteiger partial charge in [0.25, 0.3) is 0 Å². The Hall–Kier alpha value is -2.54. The number of carbonyl (C=O) groups excluding carboxylic acids is 1. The van der Waals surface area contributed by atoms with Crippen LogP contribution in [-0.4, -0.2) is 31.1 Å². The molecule has 0 radical (unpaired) electrons. The summed E-state index contributed by atoms with van der Waals surface area (Å²) in [6.07, 6.45) is 0.828. The Morgan fingerprint density at radius 3 is 2.25 bits per heavy atom. The van der Waals surface area contributed by atoms with Crippen LogP contribution in [0.1, 0.15) is 38.3 Å². The minimum absolute atomic E-state index is 0.0622. The first kappa shape index (κ1) is 21.8. The lowest BCUT2D eigenvalue weighted by Crippen LogP contribution is -2.44. The fourth-order valence-corrected chi connectivity index (χ4v) is 3.10. The lowest BCUT2D eigenvalue weighted by molar-refractivity contribution is 0.173. The smallest absolute Gasteiger partial charge is 0.318 e. The first-order valence-electron chi connectivity index (χ1n) is 9.44. The average Bonchev–Trinajstić information content (AvgIpc) is 2.71. The molecule has 28 heavy (non-hydrogen) atoms. The molecule has 1 unspecified atom stereocenters. The maximum Gasteiger partial charge on any atom is 0.318 e. The Morgan fingerprint density at radius 1 is 1.04 bits per heavy atom. The molecule has 0 aromatic heterocycles. The third-order valence-electron chi connectivity index (χ3n) is 4.52. The van der Waals surface area contributed by atoms with Crippen LogP contribution >= 0.6 is 0 Å². The van der Waals surface area contributed by atoms with Crippen molar-refractivity contribution in [1.82, 2.24) is 10.2 Å². The van der Waals surface area contributed by atoms with Gasteiger partial charge in [0, 0.05) is 19.1 Å². The molecular formula is C21H28N2O4S. The van der Waals surface area contributed by atoms with Gasteiger partial charge in [-0.15, -0.1) is 0 Å². The second-order valence-corrected chi connectivity index (χ2v) is 8.46. The van der Waals surface area contributed by atoms with Crippen molar-refractivity contribution in [2.24, 2.45) is 0 Å². The quantitative estimate of drug-likeness (QED) is 0.643. The number of nitrogens with zero attached hydrogens (tertiary/aromatic N) is 1. The molecule has 1 N–H and O–H groups in total. The van der Waals surface area contributed by atoms with E-state index in [4.69, 9.17) is 4.18 Å². The van der Waals surface area contributed by atoms with E-state index < -0.39 is 10.1 Å². The number of urea groups is 1. The normalized spacial score (nSPS) is 12.2. The molecule has 0 aliphatic carbocycles. The van der Waals surface area contributed by atoms with Crippen molar-refractivity contribution in [3.63, 3.8) is 0 Å². The number of rotatable bonds is 9. The summed E-state index contributed by atoms with van der Waals surface area (Å²) >= 11 is 0. The Balaban J connectivity index is 2.04. The molecular weight excluding hydrogens is 376 g/mol. The standard InChI is InChI=1S/C21H28N2O4S/c1-4-17(3)23(21(24)22-15-18-9-7-6-8-10-18)16-19-11-13-20(14-12-19)27-28(25,26)5-2/h6-14,17H,4-5,15-16H2,1-3H3,(H,22,24). The summed E-state index contributed by atoms with van der Waals surface area (Å²) in [4.78, 5) is 14.5. The van der Waals surface area contributed by atoms with Crippen LogP contribution in [-0.2, 0) is 23.2 Å². The lowest BCUT2D eigenvalue weighted by atomic mass is 10.1. The Morgan fingerprint density at radius 2 is 1.68 bits per heavy atom. The van der Waals surface area contributed by atoms with Gasteiger partial charge in [-0.1, -0.05) is 49.4 Å². The first-order chi connectivity index (χ1) is 13.3. The molecule has 0 fully saturated rings. The summed E-state index contributed by atoms with van der Waals surface area (Å²) in [5.74, 6) is 0.187. The van der Waals surface area contributed by atoms with E-state index in [-0.39, 0.29) is 23.6 Å². The summed E-state index contributed by atoms with van der Waals surface area (Å²) in [5.41, 5.74) is 1.94. The Bertz CT molecular complexity index is 852. The molecule has 2 aromatic rings. The molecule has 2 rings (SSSR count). The third kappa shape index (κ3) is 6.56. The van der Waals surface area contributed by atoms with Gasteiger partial charge in [0.1, 0.15) is 5.75 Å². The minimum Gasteiger partial charge on any atom is -0.382 e. The first-order valence-corrected chi connectivity index (χ1v) is 11.0. The molecule has 0 aliphatic rings. The fourth-order valence-electron chi connectivity index (χ4n) is 2.58. The van der Waals surface area contributed by atoms with Gasteiger partial charge in [-0.2, -0.15) is 8.42 Å². The van der Waals surface area contributed by atoms with Gasteiger partial charge in [-0.25, -0.2) is 4.79 Å². The highest BCUT2D eigenvalue weighted by atomic mass is 32.2. The van der Waals surface area contributed by atoms with Crippen molar-refractivity contribution in [3.8, 4) is 5.75 Å². The molecule has 0 heterocycles. The van der Waals surface area contributed by atoms with Crippen LogP contribution in [0.3, 0.4) is 0 Å². The van der Waals surface area contributed by atoms with E-state index in [1.165, 1.54) is 6.92 Å². The Labute approximate surface area is 167 Å². The molecule has 0 aliphatic heterocycles. The van der Waals surface area contributed by atoms with Crippen LogP contribution in [0.15, 0.2) is 54.6 Å². The van der Waals surface area contributed by atoms with E-state index in [1.807, 2.05) is 44.2 Å². The van der Waals surface area contributed by atoms with Crippen LogP contribution in [0.25, 0.3) is 0 Å². The van der Waals surface area contributed by atoms with Gasteiger partial charge in [-0.05, 0) is 43.5 Å². The second kappa shape index (κ2) is 10.1. The van der Waals surface area contributed by atoms with E-state index in [1.54, 1.807) is 29.2 Å². The monoisotopic (exact) mass is 404 g/mol. The highest BCUT2D eigenvalue weighted by Gasteiger charge is 2.19. The van der Waals surface area contributed by atoms with Crippen LogP contribution in [0.4, 0.5) is 4.79 Å². The largest absolute Gasteiger partial charge is 0.382 e. The molecule has 2 aromatic carbocycles. The molecule has 7 heteroatoms. The van der Waals surface area contributed by atoms with Gasteiger partial charge in [-0.3, -0.25) is 0 Å². The van der Waals surface area contributed by atoms with Crippen molar-refractivity contribution in [1.29, 1.82) is 0 Å². The Kier molecular flexibility index (Phi) is 7.87. The topological polar surface area (TPSA) is 75.7 Å². The zero-order valence-corrected chi connectivity index (χ0v) is 17.4. The summed E-state index contributed by atoms with van der Waals surface area (Å²) < 4.78 is 28.1. The highest BCUT2D eigenvalue weighted by Crippen LogP contribution is 2.17. The maximum absolute atomic E-state index is 12.7. The van der Waals surface area contributed by atoms with E-state index in [0.717, 1.165) is 17.5 Å². The van der Waals surface area contributed by atoms with Crippen molar-refractivity contribution in [2.75, 3.05) is 5.75 Å². The van der Waals surface area contributed by atoms with Crippen molar-refractivity contribution in [2.45, 2.75) is 46.3 Å². The number of hydrogen-bond donors (Lipinski definition) is 1. The number of carbonyl (C=O) groups is 1. The molecule has 0 saturated carbocycles. The van der Waals surface area contributed by atoms with Gasteiger partial charge in [0.05, 0.1) is 5.75 Å². The summed E-state index contributed by atoms with van der Waals surface area (Å²) in [6.45, 7) is 6.47. The van der Waals surface area contributed by atoms with E-state index in [9.17, 15) is 13.2 Å². The van der Waals surface area contributed by atoms with Gasteiger partial charge >= 0.3 is 16.1 Å². The van der Waals surface area contributed by atoms with Crippen LogP contribution in [0.5, 0.6) is 5.75 Å². The minimum atomic E-state index is -3.55. The molecule has 1 atom stereocenters. The van der Waals surface area contributed by atoms with Crippen LogP contribution in [0.2, 0.25) is 0 Å². The predicted molar refractivity (Wildman–Crippen MR) is 111 cm³/mol. The second-order valence-electron chi connectivity index (χ2n) is 6.60. The lowest BCUT2D eigenvalue weighted by Gasteiger charge is -2.29. The van der Waals surface area contributed by atoms with Crippen LogP contribution in [0, 0.1) is 0 Å². The fraction of sp³-hybridized carbons (Fsp3) is 0.381. The van der Waals surface area contributed by atoms with Gasteiger partial charge in [0.2, 0.25) is 0 Å². The van der Waals surface area contributed by atoms with Gasteiger partial charge in [0.15, 0.2) is 0 Å². The highest BCUT2D eigenvalue weighted by molar-refractivity contribution is 7.87. The zero-order chi connectivity index (χ0) is 20.6. The summed E-state index contributed by atoms with van der Waals surface area (Å²) in [6, 6.07) is 16.5. The van der Waals surface area contributed by atoms with E-state index in [2.05, 4.69) is 5.32 Å². The molecule has 0 bridgehead atoms. The SMILES string of the molecule is CCC(C)N(Cc1ccc(OS(=O)(=O)CC)cc1)C(=O)NCc1ccccc1. The van der Waals surface area contributed by atoms with Crippen molar-refractivity contribution >= 4 is 16.1 Å². The molecule has 152 valence electrons. The molecule has 0 spiro atoms. The summed E-state index contributed by atoms with van der Waals surface area (Å²) in [5, 5.41) is 2.97. The maximum atomic E-state index is 12.7. The third-order valence-corrected chi connectivity index (χ3v) is 5.68. The molecule has 6 nitrogen and oxygen atoms in total. The number of benzene rings is 2. The number of nitrogens with one attached hydrogen (secondary N) is 1.